The lowest BCUT2D eigenvalue weighted by Gasteiger charge is -2.27. The van der Waals surface area contributed by atoms with Gasteiger partial charge in [0, 0.05) is 6.42 Å². The standard InChI is InChI=1S/C30H37FN4O9/c1-17(2)26(29(42)32-18(3)27(40)33-22(14-25(38)39)24(37)15-31)35-28(41)23(13-19-9-11-21(36)12-10-19)34-30(43)44-16-20-7-5-4-6-8-20/h4-12,17-18,22-23,26,36H,13-16H2,1-3H3,(H,32,42)(H,33,40)(H,34,43)(H,35,41)(H,38,39)/t18-,22-,23-,26-/m0/s1. The molecule has 0 fully saturated rings. The monoisotopic (exact) mass is 616 g/mol. The van der Waals surface area contributed by atoms with Gasteiger partial charge in [0.05, 0.1) is 6.42 Å². The molecule has 0 heterocycles. The van der Waals surface area contributed by atoms with Crippen LogP contribution in [0.3, 0.4) is 0 Å². The average molecular weight is 617 g/mol. The largest absolute Gasteiger partial charge is 0.508 e. The van der Waals surface area contributed by atoms with Gasteiger partial charge in [-0.3, -0.25) is 24.0 Å². The van der Waals surface area contributed by atoms with Gasteiger partial charge < -0.3 is 36.2 Å². The van der Waals surface area contributed by atoms with E-state index in [0.29, 0.717) is 5.56 Å². The predicted octanol–water partition coefficient (Wildman–Crippen LogP) is 1.37. The van der Waals surface area contributed by atoms with Gasteiger partial charge in [0.15, 0.2) is 5.78 Å². The number of aromatic hydroxyl groups is 1. The topological polar surface area (TPSA) is 200 Å². The summed E-state index contributed by atoms with van der Waals surface area (Å²) in [7, 11) is 0. The van der Waals surface area contributed by atoms with Crippen LogP contribution >= 0.6 is 0 Å². The Morgan fingerprint density at radius 1 is 0.773 bits per heavy atom. The number of aliphatic carboxylic acids is 1. The Hall–Kier alpha value is -5.01. The minimum absolute atomic E-state index is 0.00280. The highest BCUT2D eigenvalue weighted by molar-refractivity contribution is 5.96. The van der Waals surface area contributed by atoms with Crippen LogP contribution in [0.5, 0.6) is 5.75 Å². The Bertz CT molecular complexity index is 1310. The molecule has 2 aromatic carbocycles. The van der Waals surface area contributed by atoms with Crippen molar-refractivity contribution in [1.82, 2.24) is 21.3 Å². The molecular weight excluding hydrogens is 579 g/mol. The van der Waals surface area contributed by atoms with E-state index >= 15 is 0 Å². The molecule has 2 rings (SSSR count). The molecule has 0 spiro atoms. The molecule has 0 saturated carbocycles. The molecule has 0 unspecified atom stereocenters. The van der Waals surface area contributed by atoms with E-state index in [1.807, 2.05) is 0 Å². The van der Waals surface area contributed by atoms with E-state index < -0.39 is 78.7 Å². The van der Waals surface area contributed by atoms with E-state index in [2.05, 4.69) is 21.3 Å². The Morgan fingerprint density at radius 2 is 1.41 bits per heavy atom. The highest BCUT2D eigenvalue weighted by atomic mass is 19.1. The van der Waals surface area contributed by atoms with Crippen LogP contribution in [0, 0.1) is 5.92 Å². The lowest BCUT2D eigenvalue weighted by Crippen LogP contribution is -2.58. The second-order valence-corrected chi connectivity index (χ2v) is 10.3. The first-order valence-corrected chi connectivity index (χ1v) is 13.8. The number of carbonyl (C=O) groups excluding carboxylic acids is 5. The highest BCUT2D eigenvalue weighted by Crippen LogP contribution is 2.13. The number of ketones is 1. The fraction of sp³-hybridized carbons (Fsp3) is 0.400. The number of halogens is 1. The van der Waals surface area contributed by atoms with Crippen LogP contribution in [0.2, 0.25) is 0 Å². The van der Waals surface area contributed by atoms with Gasteiger partial charge in [-0.2, -0.15) is 0 Å². The fourth-order valence-electron chi connectivity index (χ4n) is 3.95. The number of phenolic OH excluding ortho intramolecular Hbond substituents is 1. The van der Waals surface area contributed by atoms with E-state index in [1.165, 1.54) is 19.1 Å². The van der Waals surface area contributed by atoms with Crippen molar-refractivity contribution < 1.29 is 48.1 Å². The van der Waals surface area contributed by atoms with Crippen molar-refractivity contribution in [1.29, 1.82) is 0 Å². The normalized spacial score (nSPS) is 13.5. The summed E-state index contributed by atoms with van der Waals surface area (Å²) in [6.45, 7) is 2.99. The first kappa shape index (κ1) is 35.2. The number of ether oxygens (including phenoxy) is 1. The molecule has 0 aliphatic heterocycles. The summed E-state index contributed by atoms with van der Waals surface area (Å²) < 4.78 is 18.1. The molecule has 0 saturated heterocycles. The summed E-state index contributed by atoms with van der Waals surface area (Å²) in [6, 6.07) is 9.50. The summed E-state index contributed by atoms with van der Waals surface area (Å²) in [5.74, 6) is -5.53. The number of carboxylic acid groups (broad SMARTS) is 1. The Labute approximate surface area is 253 Å². The molecule has 0 aliphatic carbocycles. The molecule has 2 aromatic rings. The number of carbonyl (C=O) groups is 6. The van der Waals surface area contributed by atoms with Crippen molar-refractivity contribution >= 4 is 35.6 Å². The van der Waals surface area contributed by atoms with Gasteiger partial charge >= 0.3 is 12.1 Å². The number of benzene rings is 2. The minimum atomic E-state index is -1.63. The summed E-state index contributed by atoms with van der Waals surface area (Å²) in [4.78, 5) is 74.4. The molecule has 0 aliphatic rings. The first-order valence-electron chi connectivity index (χ1n) is 13.8. The van der Waals surface area contributed by atoms with Crippen molar-refractivity contribution in [3.8, 4) is 5.75 Å². The number of carboxylic acids is 1. The SMILES string of the molecule is CC(C)[C@H](NC(=O)[C@H](Cc1ccc(O)cc1)NC(=O)OCc1ccccc1)C(=O)N[C@@H](C)C(=O)N[C@@H](CC(=O)O)C(=O)CF. The molecule has 0 radical (unpaired) electrons. The average Bonchev–Trinajstić information content (AvgIpc) is 2.98. The predicted molar refractivity (Wildman–Crippen MR) is 155 cm³/mol. The van der Waals surface area contributed by atoms with Crippen molar-refractivity contribution in [2.45, 2.75) is 64.4 Å². The van der Waals surface area contributed by atoms with Crippen molar-refractivity contribution in [3.63, 3.8) is 0 Å². The maximum atomic E-state index is 13.4. The number of alkyl carbamates (subject to hydrolysis) is 1. The number of amides is 4. The van der Waals surface area contributed by atoms with E-state index in [9.17, 15) is 38.3 Å². The van der Waals surface area contributed by atoms with Crippen molar-refractivity contribution in [2.75, 3.05) is 6.67 Å². The van der Waals surface area contributed by atoms with Gasteiger partial charge in [0.25, 0.3) is 0 Å². The minimum Gasteiger partial charge on any atom is -0.508 e. The molecule has 14 heteroatoms. The maximum Gasteiger partial charge on any atom is 0.408 e. The quantitative estimate of drug-likeness (QED) is 0.161. The van der Waals surface area contributed by atoms with Crippen LogP contribution < -0.4 is 21.3 Å². The zero-order valence-corrected chi connectivity index (χ0v) is 24.5. The van der Waals surface area contributed by atoms with Gasteiger partial charge in [0.2, 0.25) is 17.7 Å². The highest BCUT2D eigenvalue weighted by Gasteiger charge is 2.32. The second kappa shape index (κ2) is 17.2. The molecule has 44 heavy (non-hydrogen) atoms. The zero-order chi connectivity index (χ0) is 32.8. The number of alkyl halides is 1. The number of hydrogen-bond acceptors (Lipinski definition) is 8. The third kappa shape index (κ3) is 11.7. The smallest absolute Gasteiger partial charge is 0.408 e. The van der Waals surface area contributed by atoms with E-state index in [-0.39, 0.29) is 18.8 Å². The third-order valence-corrected chi connectivity index (χ3v) is 6.41. The van der Waals surface area contributed by atoms with Crippen LogP contribution in [0.1, 0.15) is 38.3 Å². The van der Waals surface area contributed by atoms with Gasteiger partial charge in [-0.15, -0.1) is 0 Å². The number of rotatable bonds is 16. The molecule has 0 aromatic heterocycles. The molecule has 13 nitrogen and oxygen atoms in total. The molecule has 0 bridgehead atoms. The number of phenols is 1. The molecule has 6 N–H and O–H groups in total. The molecule has 4 amide bonds. The third-order valence-electron chi connectivity index (χ3n) is 6.41. The van der Waals surface area contributed by atoms with Crippen LogP contribution in [0.25, 0.3) is 0 Å². The van der Waals surface area contributed by atoms with Gasteiger partial charge in [-0.05, 0) is 36.1 Å². The molecule has 238 valence electrons. The summed E-state index contributed by atoms with van der Waals surface area (Å²) >= 11 is 0. The van der Waals surface area contributed by atoms with E-state index in [4.69, 9.17) is 9.84 Å². The Morgan fingerprint density at radius 3 is 1.98 bits per heavy atom. The summed E-state index contributed by atoms with van der Waals surface area (Å²) in [5, 5.41) is 28.2. The zero-order valence-electron chi connectivity index (χ0n) is 24.5. The van der Waals surface area contributed by atoms with E-state index in [0.717, 1.165) is 5.56 Å². The first-order chi connectivity index (χ1) is 20.8. The molecule has 4 atom stereocenters. The number of Topliss-reactive ketones (excluding diaryl/α,β-unsaturated/α-hetero) is 1. The Balaban J connectivity index is 2.13. The van der Waals surface area contributed by atoms with Crippen LogP contribution in [-0.4, -0.2) is 76.6 Å². The second-order valence-electron chi connectivity index (χ2n) is 10.3. The van der Waals surface area contributed by atoms with Crippen LogP contribution in [0.15, 0.2) is 54.6 Å². The molecular formula is C30H37FN4O9. The lowest BCUT2D eigenvalue weighted by molar-refractivity contribution is -0.140. The van der Waals surface area contributed by atoms with Crippen LogP contribution in [-0.2, 0) is 41.7 Å². The van der Waals surface area contributed by atoms with Gasteiger partial charge in [-0.25, -0.2) is 9.18 Å². The van der Waals surface area contributed by atoms with Crippen LogP contribution in [0.4, 0.5) is 9.18 Å². The van der Waals surface area contributed by atoms with Crippen molar-refractivity contribution in [2.24, 2.45) is 5.92 Å². The fourth-order valence-corrected chi connectivity index (χ4v) is 3.95. The number of nitrogens with one attached hydrogen (secondary N) is 4. The van der Waals surface area contributed by atoms with Crippen molar-refractivity contribution in [3.05, 3.63) is 65.7 Å². The van der Waals surface area contributed by atoms with E-state index in [1.54, 1.807) is 56.3 Å². The Kier molecular flexibility index (Phi) is 13.7. The summed E-state index contributed by atoms with van der Waals surface area (Å²) in [6.07, 6.45) is -1.75. The summed E-state index contributed by atoms with van der Waals surface area (Å²) in [5.41, 5.74) is 1.31. The lowest BCUT2D eigenvalue weighted by atomic mass is 10.0. The van der Waals surface area contributed by atoms with Gasteiger partial charge in [-0.1, -0.05) is 56.3 Å². The maximum absolute atomic E-state index is 13.4. The van der Waals surface area contributed by atoms with Gasteiger partial charge in [0.1, 0.15) is 43.2 Å². The number of hydrogen-bond donors (Lipinski definition) is 6.